The second-order valence-electron chi connectivity index (χ2n) is 5.52. The Labute approximate surface area is 138 Å². The highest BCUT2D eigenvalue weighted by molar-refractivity contribution is 8.00. The monoisotopic (exact) mass is 336 g/mol. The molecule has 0 aromatic carbocycles. The molecule has 2 aromatic rings. The minimum absolute atomic E-state index is 0.0726. The standard InChI is InChI=1S/C15H20N4OS2/c1-18(2)15-17-9-10(19(15)3)8-16-14(20)13-11-4-6-21-12(11)5-7-22-13/h4,6,9,13H,5,7-8H2,1-3H3,(H,16,20)/t13-/m1/s1. The highest BCUT2D eigenvalue weighted by Gasteiger charge is 2.27. The lowest BCUT2D eigenvalue weighted by molar-refractivity contribution is -0.120. The van der Waals surface area contributed by atoms with E-state index in [0.29, 0.717) is 6.54 Å². The number of thioether (sulfide) groups is 1. The molecule has 1 aliphatic rings. The maximum Gasteiger partial charge on any atom is 0.237 e. The van der Waals surface area contributed by atoms with Gasteiger partial charge in [-0.1, -0.05) is 0 Å². The van der Waals surface area contributed by atoms with Crippen molar-refractivity contribution in [2.75, 3.05) is 24.7 Å². The molecule has 0 aliphatic carbocycles. The maximum atomic E-state index is 12.5. The van der Waals surface area contributed by atoms with E-state index in [1.165, 1.54) is 10.4 Å². The zero-order valence-corrected chi connectivity index (χ0v) is 14.6. The highest BCUT2D eigenvalue weighted by atomic mass is 32.2. The second kappa shape index (κ2) is 6.34. The van der Waals surface area contributed by atoms with Gasteiger partial charge in [0.1, 0.15) is 5.25 Å². The molecule has 0 unspecified atom stereocenters. The van der Waals surface area contributed by atoms with Crippen molar-refractivity contribution in [1.82, 2.24) is 14.9 Å². The lowest BCUT2D eigenvalue weighted by atomic mass is 10.1. The van der Waals surface area contributed by atoms with Gasteiger partial charge in [0.25, 0.3) is 0 Å². The molecule has 0 radical (unpaired) electrons. The predicted molar refractivity (Wildman–Crippen MR) is 92.6 cm³/mol. The van der Waals surface area contributed by atoms with Gasteiger partial charge in [0, 0.05) is 26.0 Å². The quantitative estimate of drug-likeness (QED) is 0.930. The van der Waals surface area contributed by atoms with Crippen LogP contribution in [-0.4, -0.2) is 35.3 Å². The van der Waals surface area contributed by atoms with Crippen molar-refractivity contribution in [3.63, 3.8) is 0 Å². The van der Waals surface area contributed by atoms with Crippen LogP contribution in [0.4, 0.5) is 5.95 Å². The van der Waals surface area contributed by atoms with Crippen LogP contribution in [0.3, 0.4) is 0 Å². The lowest BCUT2D eigenvalue weighted by Crippen LogP contribution is -2.30. The van der Waals surface area contributed by atoms with Crippen molar-refractivity contribution < 1.29 is 4.79 Å². The zero-order chi connectivity index (χ0) is 15.7. The van der Waals surface area contributed by atoms with Crippen molar-refractivity contribution in [3.8, 4) is 0 Å². The van der Waals surface area contributed by atoms with Crippen molar-refractivity contribution in [2.45, 2.75) is 18.2 Å². The molecule has 7 heteroatoms. The van der Waals surface area contributed by atoms with E-state index >= 15 is 0 Å². The first kappa shape index (κ1) is 15.4. The summed E-state index contributed by atoms with van der Waals surface area (Å²) in [4.78, 5) is 20.2. The molecular formula is C15H20N4OS2. The van der Waals surface area contributed by atoms with E-state index in [2.05, 4.69) is 21.7 Å². The lowest BCUT2D eigenvalue weighted by Gasteiger charge is -2.21. The van der Waals surface area contributed by atoms with E-state index in [0.717, 1.165) is 23.8 Å². The Morgan fingerprint density at radius 1 is 1.55 bits per heavy atom. The minimum atomic E-state index is -0.0726. The number of hydrogen-bond acceptors (Lipinski definition) is 5. The van der Waals surface area contributed by atoms with E-state index < -0.39 is 0 Å². The highest BCUT2D eigenvalue weighted by Crippen LogP contribution is 2.39. The van der Waals surface area contributed by atoms with Crippen molar-refractivity contribution in [3.05, 3.63) is 33.8 Å². The van der Waals surface area contributed by atoms with E-state index in [-0.39, 0.29) is 11.2 Å². The van der Waals surface area contributed by atoms with Crippen LogP contribution in [0.15, 0.2) is 17.6 Å². The fourth-order valence-electron chi connectivity index (χ4n) is 2.65. The molecule has 0 saturated heterocycles. The summed E-state index contributed by atoms with van der Waals surface area (Å²) in [5.74, 6) is 2.00. The van der Waals surface area contributed by atoms with E-state index in [9.17, 15) is 4.79 Å². The molecule has 1 amide bonds. The number of fused-ring (bicyclic) bond motifs is 1. The Balaban J connectivity index is 1.67. The van der Waals surface area contributed by atoms with Crippen molar-refractivity contribution in [2.24, 2.45) is 7.05 Å². The molecule has 1 N–H and O–H groups in total. The van der Waals surface area contributed by atoms with Gasteiger partial charge in [-0.3, -0.25) is 4.79 Å². The first-order chi connectivity index (χ1) is 10.6. The number of aryl methyl sites for hydroxylation is 1. The fraction of sp³-hybridized carbons (Fsp3) is 0.467. The number of nitrogens with one attached hydrogen (secondary N) is 1. The summed E-state index contributed by atoms with van der Waals surface area (Å²) in [5, 5.41) is 5.07. The SMILES string of the molecule is CN(C)c1ncc(CNC(=O)[C@@H]2SCCc3sccc32)n1C. The Morgan fingerprint density at radius 2 is 2.36 bits per heavy atom. The summed E-state index contributed by atoms with van der Waals surface area (Å²) < 4.78 is 2.00. The number of hydrogen-bond donors (Lipinski definition) is 1. The van der Waals surface area contributed by atoms with E-state index in [1.807, 2.05) is 36.8 Å². The van der Waals surface area contributed by atoms with Gasteiger partial charge >= 0.3 is 0 Å². The summed E-state index contributed by atoms with van der Waals surface area (Å²) in [7, 11) is 5.89. The number of imidazole rings is 1. The van der Waals surface area contributed by atoms with Gasteiger partial charge in [0.2, 0.25) is 11.9 Å². The Bertz CT molecular complexity index is 677. The molecule has 0 bridgehead atoms. The summed E-state index contributed by atoms with van der Waals surface area (Å²) >= 11 is 3.49. The number of anilines is 1. The molecule has 0 spiro atoms. The molecule has 3 heterocycles. The van der Waals surface area contributed by atoms with Gasteiger partial charge in [-0.2, -0.15) is 0 Å². The van der Waals surface area contributed by atoms with Gasteiger partial charge in [-0.05, 0) is 29.2 Å². The van der Waals surface area contributed by atoms with Gasteiger partial charge in [0.05, 0.1) is 18.4 Å². The molecule has 118 valence electrons. The van der Waals surface area contributed by atoms with Crippen LogP contribution < -0.4 is 10.2 Å². The smallest absolute Gasteiger partial charge is 0.237 e. The third-order valence-corrected chi connectivity index (χ3v) is 6.06. The van der Waals surface area contributed by atoms with Crippen LogP contribution in [0, 0.1) is 0 Å². The average Bonchev–Trinajstić information content (AvgIpc) is 3.10. The van der Waals surface area contributed by atoms with Crippen molar-refractivity contribution >= 4 is 35.0 Å². The molecule has 22 heavy (non-hydrogen) atoms. The Hall–Kier alpha value is -1.47. The van der Waals surface area contributed by atoms with Crippen LogP contribution in [0.5, 0.6) is 0 Å². The first-order valence-electron chi connectivity index (χ1n) is 7.21. The maximum absolute atomic E-state index is 12.5. The molecular weight excluding hydrogens is 316 g/mol. The van der Waals surface area contributed by atoms with Gasteiger partial charge in [0.15, 0.2) is 0 Å². The number of thiophene rings is 1. The summed E-state index contributed by atoms with van der Waals surface area (Å²) in [5.41, 5.74) is 2.20. The molecule has 2 aromatic heterocycles. The van der Waals surface area contributed by atoms with E-state index in [4.69, 9.17) is 0 Å². The number of nitrogens with zero attached hydrogens (tertiary/aromatic N) is 3. The summed E-state index contributed by atoms with van der Waals surface area (Å²) in [6, 6.07) is 2.09. The second-order valence-corrected chi connectivity index (χ2v) is 7.73. The van der Waals surface area contributed by atoms with Crippen LogP contribution in [0.2, 0.25) is 0 Å². The zero-order valence-electron chi connectivity index (χ0n) is 13.0. The fourth-order valence-corrected chi connectivity index (χ4v) is 4.96. The summed E-state index contributed by atoms with van der Waals surface area (Å²) in [6.07, 6.45) is 2.90. The Kier molecular flexibility index (Phi) is 4.44. The topological polar surface area (TPSA) is 50.2 Å². The average molecular weight is 336 g/mol. The predicted octanol–water partition coefficient (Wildman–Crippen LogP) is 2.19. The molecule has 1 aliphatic heterocycles. The number of carbonyl (C=O) groups is 1. The largest absolute Gasteiger partial charge is 0.349 e. The number of rotatable bonds is 4. The van der Waals surface area contributed by atoms with Gasteiger partial charge in [-0.15, -0.1) is 23.1 Å². The number of carbonyl (C=O) groups excluding carboxylic acids is 1. The number of aromatic nitrogens is 2. The Morgan fingerprint density at radius 3 is 3.09 bits per heavy atom. The first-order valence-corrected chi connectivity index (χ1v) is 9.14. The van der Waals surface area contributed by atoms with Gasteiger partial charge < -0.3 is 14.8 Å². The molecule has 3 rings (SSSR count). The minimum Gasteiger partial charge on any atom is -0.349 e. The third kappa shape index (κ3) is 2.87. The van der Waals surface area contributed by atoms with Gasteiger partial charge in [-0.25, -0.2) is 4.98 Å². The summed E-state index contributed by atoms with van der Waals surface area (Å²) in [6.45, 7) is 0.507. The molecule has 1 atom stereocenters. The van der Waals surface area contributed by atoms with Crippen molar-refractivity contribution in [1.29, 1.82) is 0 Å². The normalized spacial score (nSPS) is 17.1. The van der Waals surface area contributed by atoms with E-state index in [1.54, 1.807) is 23.1 Å². The molecule has 0 saturated carbocycles. The molecule has 0 fully saturated rings. The van der Waals surface area contributed by atoms with Crippen LogP contribution in [0.1, 0.15) is 21.4 Å². The third-order valence-electron chi connectivity index (χ3n) is 3.82. The van der Waals surface area contributed by atoms with Crippen LogP contribution in [0.25, 0.3) is 0 Å². The molecule has 5 nitrogen and oxygen atoms in total. The van der Waals surface area contributed by atoms with Crippen LogP contribution in [-0.2, 0) is 24.8 Å². The van der Waals surface area contributed by atoms with Crippen LogP contribution >= 0.6 is 23.1 Å². The number of amides is 1.